The van der Waals surface area contributed by atoms with Crippen molar-refractivity contribution in [3.8, 4) is 11.5 Å². The number of carbonyl (C=O) groups is 2. The first-order valence-corrected chi connectivity index (χ1v) is 6.79. The Morgan fingerprint density at radius 2 is 2.00 bits per heavy atom. The van der Waals surface area contributed by atoms with E-state index in [4.69, 9.17) is 21.1 Å². The number of amides is 2. The van der Waals surface area contributed by atoms with E-state index in [1.807, 2.05) is 0 Å². The fourth-order valence-electron chi connectivity index (χ4n) is 1.91. The Hall–Kier alpha value is -2.73. The van der Waals surface area contributed by atoms with Gasteiger partial charge in [-0.15, -0.1) is 0 Å². The molecule has 0 bridgehead atoms. The van der Waals surface area contributed by atoms with Gasteiger partial charge in [-0.3, -0.25) is 10.1 Å². The van der Waals surface area contributed by atoms with Crippen LogP contribution >= 0.6 is 11.6 Å². The van der Waals surface area contributed by atoms with Crippen LogP contribution in [0.1, 0.15) is 0 Å². The highest BCUT2D eigenvalue weighted by Crippen LogP contribution is 2.31. The van der Waals surface area contributed by atoms with Crippen molar-refractivity contribution in [2.45, 2.75) is 0 Å². The number of anilines is 2. The summed E-state index contributed by atoms with van der Waals surface area (Å²) in [5.41, 5.74) is 1.03. The van der Waals surface area contributed by atoms with Gasteiger partial charge in [0.15, 0.2) is 6.61 Å². The lowest BCUT2D eigenvalue weighted by atomic mass is 10.2. The standard InChI is InChI=1S/C15H11ClN2O4/c16-9-1-3-10(4-2-9)17-15(20)22-11-5-6-13-12(7-11)18-14(19)8-21-13/h1-7H,8H2,(H,17,20)(H,18,19). The Labute approximate surface area is 131 Å². The second-order valence-electron chi connectivity index (χ2n) is 4.52. The summed E-state index contributed by atoms with van der Waals surface area (Å²) in [6.45, 7) is -0.0236. The smallest absolute Gasteiger partial charge is 0.417 e. The van der Waals surface area contributed by atoms with Crippen molar-refractivity contribution < 1.29 is 19.1 Å². The molecule has 0 saturated heterocycles. The van der Waals surface area contributed by atoms with Gasteiger partial charge in [-0.25, -0.2) is 4.79 Å². The molecule has 2 aromatic rings. The number of hydrogen-bond acceptors (Lipinski definition) is 4. The second kappa shape index (κ2) is 5.95. The Morgan fingerprint density at radius 3 is 2.77 bits per heavy atom. The Morgan fingerprint density at radius 1 is 1.23 bits per heavy atom. The molecule has 0 saturated carbocycles. The molecule has 7 heteroatoms. The number of fused-ring (bicyclic) bond motifs is 1. The van der Waals surface area contributed by atoms with Crippen molar-refractivity contribution in [3.63, 3.8) is 0 Å². The zero-order valence-corrected chi connectivity index (χ0v) is 12.0. The molecule has 0 aromatic heterocycles. The van der Waals surface area contributed by atoms with Crippen LogP contribution in [-0.4, -0.2) is 18.6 Å². The molecule has 0 aliphatic carbocycles. The van der Waals surface area contributed by atoms with Crippen LogP contribution in [0, 0.1) is 0 Å². The van der Waals surface area contributed by atoms with Crippen LogP contribution in [-0.2, 0) is 4.79 Å². The second-order valence-corrected chi connectivity index (χ2v) is 4.95. The molecule has 1 aliphatic heterocycles. The quantitative estimate of drug-likeness (QED) is 0.891. The first-order valence-electron chi connectivity index (χ1n) is 6.41. The number of halogens is 1. The van der Waals surface area contributed by atoms with Gasteiger partial charge in [0.25, 0.3) is 5.91 Å². The Bertz CT molecular complexity index is 731. The summed E-state index contributed by atoms with van der Waals surface area (Å²) in [4.78, 5) is 23.1. The molecule has 1 aliphatic rings. The van der Waals surface area contributed by atoms with E-state index >= 15 is 0 Å². The predicted molar refractivity (Wildman–Crippen MR) is 81.7 cm³/mol. The number of nitrogens with one attached hydrogen (secondary N) is 2. The molecule has 1 heterocycles. The maximum Gasteiger partial charge on any atom is 0.417 e. The third kappa shape index (κ3) is 3.29. The largest absolute Gasteiger partial charge is 0.482 e. The van der Waals surface area contributed by atoms with E-state index in [0.29, 0.717) is 22.1 Å². The van der Waals surface area contributed by atoms with Crippen molar-refractivity contribution >= 4 is 35.0 Å². The zero-order chi connectivity index (χ0) is 15.5. The average molecular weight is 319 g/mol. The van der Waals surface area contributed by atoms with Gasteiger partial charge in [0.2, 0.25) is 0 Å². The average Bonchev–Trinajstić information content (AvgIpc) is 2.49. The van der Waals surface area contributed by atoms with Crippen LogP contribution in [0.4, 0.5) is 16.2 Å². The number of rotatable bonds is 2. The molecule has 0 spiro atoms. The van der Waals surface area contributed by atoms with Crippen molar-refractivity contribution in [3.05, 3.63) is 47.5 Å². The Kier molecular flexibility index (Phi) is 3.84. The molecule has 0 radical (unpaired) electrons. The molecule has 6 nitrogen and oxygen atoms in total. The number of hydrogen-bond donors (Lipinski definition) is 2. The normalized spacial score (nSPS) is 12.7. The molecule has 2 amide bonds. The summed E-state index contributed by atoms with van der Waals surface area (Å²) in [6, 6.07) is 11.4. The zero-order valence-electron chi connectivity index (χ0n) is 11.3. The molecular formula is C15H11ClN2O4. The van der Waals surface area contributed by atoms with Crippen LogP contribution in [0.2, 0.25) is 5.02 Å². The van der Waals surface area contributed by atoms with E-state index in [1.54, 1.807) is 36.4 Å². The highest BCUT2D eigenvalue weighted by molar-refractivity contribution is 6.30. The summed E-state index contributed by atoms with van der Waals surface area (Å²) < 4.78 is 10.4. The highest BCUT2D eigenvalue weighted by atomic mass is 35.5. The van der Waals surface area contributed by atoms with Gasteiger partial charge in [0.05, 0.1) is 5.69 Å². The highest BCUT2D eigenvalue weighted by Gasteiger charge is 2.17. The SMILES string of the molecule is O=C1COc2ccc(OC(=O)Nc3ccc(Cl)cc3)cc2N1. The number of carbonyl (C=O) groups excluding carboxylic acids is 2. The van der Waals surface area contributed by atoms with Gasteiger partial charge >= 0.3 is 6.09 Å². The van der Waals surface area contributed by atoms with Crippen LogP contribution in [0.25, 0.3) is 0 Å². The minimum absolute atomic E-state index is 0.0236. The molecule has 0 atom stereocenters. The number of benzene rings is 2. The summed E-state index contributed by atoms with van der Waals surface area (Å²) in [5.74, 6) is 0.566. The lowest BCUT2D eigenvalue weighted by molar-refractivity contribution is -0.118. The van der Waals surface area contributed by atoms with Crippen LogP contribution in [0.5, 0.6) is 11.5 Å². The summed E-state index contributed by atoms with van der Waals surface area (Å²) in [6.07, 6.45) is -0.648. The van der Waals surface area contributed by atoms with E-state index < -0.39 is 6.09 Å². The van der Waals surface area contributed by atoms with Crippen molar-refractivity contribution in [2.24, 2.45) is 0 Å². The minimum Gasteiger partial charge on any atom is -0.482 e. The Balaban J connectivity index is 1.67. The molecule has 112 valence electrons. The predicted octanol–water partition coefficient (Wildman–Crippen LogP) is 3.28. The molecule has 2 aromatic carbocycles. The van der Waals surface area contributed by atoms with E-state index in [9.17, 15) is 9.59 Å². The van der Waals surface area contributed by atoms with E-state index in [-0.39, 0.29) is 18.3 Å². The molecule has 0 unspecified atom stereocenters. The molecule has 2 N–H and O–H groups in total. The van der Waals surface area contributed by atoms with Gasteiger partial charge in [0, 0.05) is 16.8 Å². The monoisotopic (exact) mass is 318 g/mol. The summed E-state index contributed by atoms with van der Waals surface area (Å²) in [5, 5.41) is 5.78. The molecule has 3 rings (SSSR count). The van der Waals surface area contributed by atoms with E-state index in [0.717, 1.165) is 0 Å². The van der Waals surface area contributed by atoms with Gasteiger partial charge in [-0.05, 0) is 36.4 Å². The summed E-state index contributed by atoms with van der Waals surface area (Å²) >= 11 is 5.77. The molecule has 0 fully saturated rings. The topological polar surface area (TPSA) is 76.7 Å². The van der Waals surface area contributed by atoms with E-state index in [2.05, 4.69) is 10.6 Å². The maximum atomic E-state index is 11.8. The fraction of sp³-hybridized carbons (Fsp3) is 0.0667. The molecule has 22 heavy (non-hydrogen) atoms. The first-order chi connectivity index (χ1) is 10.6. The van der Waals surface area contributed by atoms with Crippen molar-refractivity contribution in [2.75, 3.05) is 17.2 Å². The number of ether oxygens (including phenoxy) is 2. The summed E-state index contributed by atoms with van der Waals surface area (Å²) in [7, 11) is 0. The van der Waals surface area contributed by atoms with Gasteiger partial charge < -0.3 is 14.8 Å². The van der Waals surface area contributed by atoms with Crippen LogP contribution in [0.3, 0.4) is 0 Å². The van der Waals surface area contributed by atoms with Gasteiger partial charge in [-0.1, -0.05) is 11.6 Å². The fourth-order valence-corrected chi connectivity index (χ4v) is 2.04. The minimum atomic E-state index is -0.648. The molecular weight excluding hydrogens is 308 g/mol. The first kappa shape index (κ1) is 14.2. The lowest BCUT2D eigenvalue weighted by Crippen LogP contribution is -2.25. The van der Waals surface area contributed by atoms with Gasteiger partial charge in [-0.2, -0.15) is 0 Å². The van der Waals surface area contributed by atoms with Gasteiger partial charge in [0.1, 0.15) is 11.5 Å². The third-order valence-electron chi connectivity index (χ3n) is 2.89. The van der Waals surface area contributed by atoms with Crippen LogP contribution < -0.4 is 20.1 Å². The third-order valence-corrected chi connectivity index (χ3v) is 3.14. The maximum absolute atomic E-state index is 11.8. The van der Waals surface area contributed by atoms with E-state index in [1.165, 1.54) is 6.07 Å². The van der Waals surface area contributed by atoms with Crippen molar-refractivity contribution in [1.29, 1.82) is 0 Å². The lowest BCUT2D eigenvalue weighted by Gasteiger charge is -2.18. The van der Waals surface area contributed by atoms with Crippen LogP contribution in [0.15, 0.2) is 42.5 Å². The van der Waals surface area contributed by atoms with Crippen molar-refractivity contribution in [1.82, 2.24) is 0 Å².